The fourth-order valence-corrected chi connectivity index (χ4v) is 4.52. The highest BCUT2D eigenvalue weighted by Gasteiger charge is 2.25. The summed E-state index contributed by atoms with van der Waals surface area (Å²) in [4.78, 5) is 1.50. The summed E-state index contributed by atoms with van der Waals surface area (Å²) < 4.78 is 1.22. The monoisotopic (exact) mass is 331 g/mol. The van der Waals surface area contributed by atoms with E-state index in [-0.39, 0.29) is 0 Å². The molecule has 102 valence electrons. The third-order valence-corrected chi connectivity index (χ3v) is 5.32. The Morgan fingerprint density at radius 1 is 1.61 bits per heavy atom. The number of halogens is 1. The van der Waals surface area contributed by atoms with Crippen molar-refractivity contribution in [3.05, 3.63) is 20.3 Å². The van der Waals surface area contributed by atoms with Crippen LogP contribution in [-0.2, 0) is 6.42 Å². The lowest BCUT2D eigenvalue weighted by Gasteiger charge is -2.29. The minimum absolute atomic E-state index is 0.416. The summed E-state index contributed by atoms with van der Waals surface area (Å²) in [6.45, 7) is 4.72. The van der Waals surface area contributed by atoms with Crippen LogP contribution in [0.4, 0.5) is 0 Å². The van der Waals surface area contributed by atoms with Gasteiger partial charge in [-0.1, -0.05) is 13.3 Å². The Bertz CT molecular complexity index is 402. The largest absolute Gasteiger partial charge is 0.389 e. The van der Waals surface area contributed by atoms with Crippen LogP contribution in [0.3, 0.4) is 0 Å². The first-order valence-corrected chi connectivity index (χ1v) is 8.36. The van der Waals surface area contributed by atoms with E-state index < -0.39 is 5.60 Å². The van der Waals surface area contributed by atoms with Crippen LogP contribution in [-0.4, -0.2) is 17.3 Å². The zero-order valence-corrected chi connectivity index (χ0v) is 13.5. The van der Waals surface area contributed by atoms with E-state index in [0.717, 1.165) is 12.8 Å². The molecule has 0 saturated carbocycles. The Labute approximate surface area is 122 Å². The first kappa shape index (κ1) is 14.5. The number of thiophene rings is 1. The Kier molecular flexibility index (Phi) is 4.86. The highest BCUT2D eigenvalue weighted by molar-refractivity contribution is 9.11. The number of fused-ring (bicyclic) bond motifs is 1. The average molecular weight is 332 g/mol. The molecule has 0 radical (unpaired) electrons. The zero-order valence-electron chi connectivity index (χ0n) is 11.1. The predicted molar refractivity (Wildman–Crippen MR) is 81.2 cm³/mol. The smallest absolute Gasteiger partial charge is 0.0743 e. The first-order valence-electron chi connectivity index (χ1n) is 6.76. The summed E-state index contributed by atoms with van der Waals surface area (Å²) in [5, 5.41) is 13.8. The summed E-state index contributed by atoms with van der Waals surface area (Å²) in [5.74, 6) is 0. The van der Waals surface area contributed by atoms with Gasteiger partial charge in [0, 0.05) is 17.5 Å². The number of nitrogens with one attached hydrogen (secondary N) is 1. The van der Waals surface area contributed by atoms with Crippen molar-refractivity contribution in [3.8, 4) is 0 Å². The molecule has 0 aliphatic heterocycles. The molecule has 1 aliphatic carbocycles. The van der Waals surface area contributed by atoms with Gasteiger partial charge in [-0.05, 0) is 60.2 Å². The zero-order chi connectivity index (χ0) is 13.2. The van der Waals surface area contributed by atoms with E-state index in [1.54, 1.807) is 0 Å². The highest BCUT2D eigenvalue weighted by Crippen LogP contribution is 2.38. The molecular formula is C14H22BrNOS. The molecule has 0 saturated heterocycles. The molecule has 2 N–H and O–H groups in total. The van der Waals surface area contributed by atoms with Gasteiger partial charge < -0.3 is 10.4 Å². The lowest BCUT2D eigenvalue weighted by atomic mass is 9.92. The molecule has 1 aliphatic rings. The molecule has 0 aromatic carbocycles. The van der Waals surface area contributed by atoms with Gasteiger partial charge >= 0.3 is 0 Å². The molecule has 0 fully saturated rings. The maximum Gasteiger partial charge on any atom is 0.0743 e. The molecule has 2 nitrogen and oxygen atoms in total. The van der Waals surface area contributed by atoms with Crippen molar-refractivity contribution in [1.82, 2.24) is 5.32 Å². The third-order valence-electron chi connectivity index (χ3n) is 3.60. The lowest BCUT2D eigenvalue weighted by molar-refractivity contribution is 0.0465. The number of hydrogen-bond donors (Lipinski definition) is 2. The first-order chi connectivity index (χ1) is 8.52. The van der Waals surface area contributed by atoms with Gasteiger partial charge in [-0.2, -0.15) is 0 Å². The Morgan fingerprint density at radius 2 is 2.39 bits per heavy atom. The van der Waals surface area contributed by atoms with Crippen molar-refractivity contribution in [3.63, 3.8) is 0 Å². The molecule has 0 spiro atoms. The third kappa shape index (κ3) is 3.56. The van der Waals surface area contributed by atoms with Crippen molar-refractivity contribution in [2.75, 3.05) is 6.54 Å². The number of hydrogen-bond acceptors (Lipinski definition) is 3. The topological polar surface area (TPSA) is 32.3 Å². The predicted octanol–water partition coefficient (Wildman–Crippen LogP) is 4.03. The molecule has 2 unspecified atom stereocenters. The normalized spacial score (nSPS) is 22.6. The average Bonchev–Trinajstić information content (AvgIpc) is 2.67. The van der Waals surface area contributed by atoms with Crippen LogP contribution in [0, 0.1) is 0 Å². The number of aryl methyl sites for hydroxylation is 1. The molecule has 2 rings (SSSR count). The van der Waals surface area contributed by atoms with Crippen molar-refractivity contribution in [1.29, 1.82) is 0 Å². The Hall–Kier alpha value is 0.100. The quantitative estimate of drug-likeness (QED) is 0.853. The van der Waals surface area contributed by atoms with Crippen molar-refractivity contribution in [2.24, 2.45) is 0 Å². The Morgan fingerprint density at radius 3 is 3.11 bits per heavy atom. The molecule has 0 amide bonds. The van der Waals surface area contributed by atoms with E-state index in [1.165, 1.54) is 33.5 Å². The molecule has 1 aromatic heterocycles. The minimum Gasteiger partial charge on any atom is -0.389 e. The van der Waals surface area contributed by atoms with Crippen molar-refractivity contribution < 1.29 is 5.11 Å². The molecular weight excluding hydrogens is 310 g/mol. The van der Waals surface area contributed by atoms with E-state index in [2.05, 4.69) is 34.2 Å². The maximum absolute atomic E-state index is 10.2. The van der Waals surface area contributed by atoms with Gasteiger partial charge in [0.05, 0.1) is 9.39 Å². The van der Waals surface area contributed by atoms with Crippen LogP contribution >= 0.6 is 27.3 Å². The van der Waals surface area contributed by atoms with Crippen LogP contribution < -0.4 is 5.32 Å². The van der Waals surface area contributed by atoms with E-state index in [1.807, 2.05) is 18.3 Å². The summed E-state index contributed by atoms with van der Waals surface area (Å²) in [5.41, 5.74) is 0.852. The van der Waals surface area contributed by atoms with Gasteiger partial charge in [0.15, 0.2) is 0 Å². The molecule has 1 aromatic rings. The van der Waals surface area contributed by atoms with Crippen LogP contribution in [0.15, 0.2) is 9.85 Å². The standard InChI is InChI=1S/C14H22BrNOS/c1-3-7-14(2,17)9-16-11-5-4-6-12-10(11)8-13(15)18-12/h8,11,16-17H,3-7,9H2,1-2H3. The molecule has 18 heavy (non-hydrogen) atoms. The van der Waals surface area contributed by atoms with Crippen LogP contribution in [0.1, 0.15) is 56.0 Å². The van der Waals surface area contributed by atoms with Gasteiger partial charge in [0.2, 0.25) is 0 Å². The summed E-state index contributed by atoms with van der Waals surface area (Å²) in [6, 6.07) is 2.66. The van der Waals surface area contributed by atoms with E-state index in [4.69, 9.17) is 0 Å². The molecule has 4 heteroatoms. The lowest BCUT2D eigenvalue weighted by Crippen LogP contribution is -2.40. The number of aliphatic hydroxyl groups is 1. The Balaban J connectivity index is 1.99. The van der Waals surface area contributed by atoms with Gasteiger partial charge in [0.1, 0.15) is 0 Å². The van der Waals surface area contributed by atoms with Crippen LogP contribution in [0.2, 0.25) is 0 Å². The molecule has 0 bridgehead atoms. The van der Waals surface area contributed by atoms with Gasteiger partial charge in [-0.25, -0.2) is 0 Å². The second-order valence-electron chi connectivity index (χ2n) is 5.50. The molecule has 1 heterocycles. The van der Waals surface area contributed by atoms with Crippen molar-refractivity contribution >= 4 is 27.3 Å². The maximum atomic E-state index is 10.2. The van der Waals surface area contributed by atoms with Crippen LogP contribution in [0.25, 0.3) is 0 Å². The highest BCUT2D eigenvalue weighted by atomic mass is 79.9. The minimum atomic E-state index is -0.584. The second kappa shape index (κ2) is 6.04. The van der Waals surface area contributed by atoms with Gasteiger partial charge in [-0.15, -0.1) is 11.3 Å². The second-order valence-corrected chi connectivity index (χ2v) is 8.02. The van der Waals surface area contributed by atoms with Crippen LogP contribution in [0.5, 0.6) is 0 Å². The van der Waals surface area contributed by atoms with E-state index >= 15 is 0 Å². The fraction of sp³-hybridized carbons (Fsp3) is 0.714. The SMILES string of the molecule is CCCC(C)(O)CNC1CCCc2sc(Br)cc21. The summed E-state index contributed by atoms with van der Waals surface area (Å²) in [7, 11) is 0. The van der Waals surface area contributed by atoms with Gasteiger partial charge in [-0.3, -0.25) is 0 Å². The fourth-order valence-electron chi connectivity index (χ4n) is 2.70. The molecule has 2 atom stereocenters. The van der Waals surface area contributed by atoms with E-state index in [9.17, 15) is 5.11 Å². The summed E-state index contributed by atoms with van der Waals surface area (Å²) >= 11 is 5.43. The van der Waals surface area contributed by atoms with Crippen molar-refractivity contribution in [2.45, 2.75) is 57.6 Å². The number of rotatable bonds is 5. The van der Waals surface area contributed by atoms with E-state index in [0.29, 0.717) is 12.6 Å². The van der Waals surface area contributed by atoms with Gasteiger partial charge in [0.25, 0.3) is 0 Å². The summed E-state index contributed by atoms with van der Waals surface area (Å²) in [6.07, 6.45) is 5.50.